The molecule has 1 nitrogen and oxygen atoms in total. The summed E-state index contributed by atoms with van der Waals surface area (Å²) >= 11 is 2.87. The van der Waals surface area contributed by atoms with Crippen molar-refractivity contribution in [2.24, 2.45) is 0 Å². The number of rotatable bonds is 2. The summed E-state index contributed by atoms with van der Waals surface area (Å²) in [5.41, 5.74) is -3.89. The minimum atomic E-state index is -4.71. The summed E-state index contributed by atoms with van der Waals surface area (Å²) in [6.07, 6.45) is -9.72. The van der Waals surface area contributed by atoms with Crippen molar-refractivity contribution in [3.63, 3.8) is 0 Å². The lowest BCUT2D eigenvalue weighted by molar-refractivity contribution is -0.152. The van der Waals surface area contributed by atoms with Gasteiger partial charge in [0.1, 0.15) is 5.54 Å². The van der Waals surface area contributed by atoms with Crippen molar-refractivity contribution in [2.75, 3.05) is 5.32 Å². The van der Waals surface area contributed by atoms with Crippen molar-refractivity contribution in [1.29, 1.82) is 0 Å². The maximum atomic E-state index is 12.8. The third-order valence-corrected chi connectivity index (χ3v) is 3.45. The van der Waals surface area contributed by atoms with Crippen molar-refractivity contribution in [3.8, 4) is 0 Å². The van der Waals surface area contributed by atoms with Crippen LogP contribution >= 0.6 is 15.9 Å². The number of benzene rings is 1. The first kappa shape index (κ1) is 14.5. The fourth-order valence-corrected chi connectivity index (χ4v) is 2.08. The lowest BCUT2D eigenvalue weighted by Gasteiger charge is -2.24. The Balaban J connectivity index is 2.37. The highest BCUT2D eigenvalue weighted by Crippen LogP contribution is 2.52. The fourth-order valence-electron chi connectivity index (χ4n) is 1.72. The van der Waals surface area contributed by atoms with Crippen LogP contribution in [0.5, 0.6) is 0 Å². The summed E-state index contributed by atoms with van der Waals surface area (Å²) in [6.45, 7) is 0. The molecule has 0 amide bonds. The van der Waals surface area contributed by atoms with Crippen LogP contribution in [-0.2, 0) is 6.18 Å². The van der Waals surface area contributed by atoms with E-state index in [1.165, 1.54) is 6.07 Å². The molecule has 0 radical (unpaired) electrons. The fraction of sp³-hybridized carbons (Fsp3) is 0.455. The van der Waals surface area contributed by atoms with Gasteiger partial charge in [-0.15, -0.1) is 0 Å². The van der Waals surface area contributed by atoms with E-state index in [0.29, 0.717) is 0 Å². The minimum Gasteiger partial charge on any atom is -0.371 e. The Labute approximate surface area is 113 Å². The van der Waals surface area contributed by atoms with E-state index in [4.69, 9.17) is 0 Å². The van der Waals surface area contributed by atoms with Gasteiger partial charge in [0.15, 0.2) is 0 Å². The van der Waals surface area contributed by atoms with Crippen LogP contribution in [0.25, 0.3) is 0 Å². The zero-order chi connectivity index (χ0) is 14.5. The number of anilines is 1. The Kier molecular flexibility index (Phi) is 3.27. The predicted octanol–water partition coefficient (Wildman–Crippen LogP) is 4.97. The molecular formula is C11H8BrF6N. The smallest absolute Gasteiger partial charge is 0.371 e. The Morgan fingerprint density at radius 2 is 1.63 bits per heavy atom. The molecular weight excluding hydrogens is 340 g/mol. The van der Waals surface area contributed by atoms with Gasteiger partial charge < -0.3 is 5.32 Å². The van der Waals surface area contributed by atoms with E-state index < -0.39 is 29.1 Å². The molecule has 1 fully saturated rings. The molecule has 0 saturated heterocycles. The zero-order valence-electron chi connectivity index (χ0n) is 9.29. The van der Waals surface area contributed by atoms with Gasteiger partial charge in [-0.25, -0.2) is 0 Å². The van der Waals surface area contributed by atoms with Gasteiger partial charge in [0.05, 0.1) is 5.56 Å². The molecule has 0 atom stereocenters. The van der Waals surface area contributed by atoms with Gasteiger partial charge in [-0.3, -0.25) is 0 Å². The zero-order valence-corrected chi connectivity index (χ0v) is 10.9. The summed E-state index contributed by atoms with van der Waals surface area (Å²) in [6, 6.07) is 3.03. The van der Waals surface area contributed by atoms with Crippen LogP contribution in [0, 0.1) is 0 Å². The molecule has 19 heavy (non-hydrogen) atoms. The van der Waals surface area contributed by atoms with Crippen LogP contribution in [-0.4, -0.2) is 11.7 Å². The molecule has 0 heterocycles. The normalized spacial score (nSPS) is 18.3. The van der Waals surface area contributed by atoms with Gasteiger partial charge in [-0.05, 0) is 31.0 Å². The topological polar surface area (TPSA) is 12.0 Å². The van der Waals surface area contributed by atoms with Gasteiger partial charge >= 0.3 is 12.4 Å². The van der Waals surface area contributed by atoms with Crippen molar-refractivity contribution < 1.29 is 26.3 Å². The van der Waals surface area contributed by atoms with E-state index >= 15 is 0 Å². The summed E-state index contributed by atoms with van der Waals surface area (Å²) in [7, 11) is 0. The van der Waals surface area contributed by atoms with Crippen molar-refractivity contribution in [3.05, 3.63) is 28.2 Å². The molecule has 1 aromatic rings. The van der Waals surface area contributed by atoms with Gasteiger partial charge in [-0.2, -0.15) is 26.3 Å². The largest absolute Gasteiger partial charge is 0.418 e. The molecule has 1 saturated carbocycles. The molecule has 1 N–H and O–H groups in total. The third-order valence-electron chi connectivity index (χ3n) is 2.95. The van der Waals surface area contributed by atoms with Gasteiger partial charge in [0.2, 0.25) is 0 Å². The Bertz CT molecular complexity index is 489. The van der Waals surface area contributed by atoms with Crippen LogP contribution in [0.3, 0.4) is 0 Å². The Hall–Kier alpha value is -0.920. The van der Waals surface area contributed by atoms with E-state index in [1.54, 1.807) is 0 Å². The SMILES string of the molecule is FC(F)(F)c1cc(Br)ccc1NC1(C(F)(F)F)CC1. The standard InChI is InChI=1S/C11H8BrF6N/c12-6-1-2-8(7(5-6)10(13,14)15)19-9(3-4-9)11(16,17)18/h1-2,5,19H,3-4H2. The molecule has 106 valence electrons. The van der Waals surface area contributed by atoms with Crippen molar-refractivity contribution in [2.45, 2.75) is 30.7 Å². The van der Waals surface area contributed by atoms with Gasteiger partial charge in [0, 0.05) is 10.2 Å². The summed E-state index contributed by atoms with van der Waals surface area (Å²) in [4.78, 5) is 0. The molecule has 0 spiro atoms. The highest BCUT2D eigenvalue weighted by atomic mass is 79.9. The van der Waals surface area contributed by atoms with Crippen LogP contribution in [0.1, 0.15) is 18.4 Å². The average molecular weight is 348 g/mol. The first-order valence-corrected chi connectivity index (χ1v) is 6.06. The average Bonchev–Trinajstić information content (AvgIpc) is 2.99. The molecule has 1 aliphatic carbocycles. The van der Waals surface area contributed by atoms with Crippen LogP contribution in [0.2, 0.25) is 0 Å². The maximum absolute atomic E-state index is 12.8. The second-order valence-electron chi connectivity index (χ2n) is 4.39. The summed E-state index contributed by atoms with van der Waals surface area (Å²) in [5, 5.41) is 2.01. The molecule has 1 aromatic carbocycles. The second kappa shape index (κ2) is 4.29. The molecule has 0 aromatic heterocycles. The van der Waals surface area contributed by atoms with Crippen molar-refractivity contribution >= 4 is 21.6 Å². The molecule has 2 rings (SSSR count). The lowest BCUT2D eigenvalue weighted by Crippen LogP contribution is -2.39. The van der Waals surface area contributed by atoms with Crippen LogP contribution in [0.15, 0.2) is 22.7 Å². The van der Waals surface area contributed by atoms with Gasteiger partial charge in [-0.1, -0.05) is 15.9 Å². The summed E-state index contributed by atoms with van der Waals surface area (Å²) in [5.74, 6) is 0. The molecule has 0 bridgehead atoms. The highest BCUT2D eigenvalue weighted by molar-refractivity contribution is 9.10. The number of hydrogen-bond acceptors (Lipinski definition) is 1. The second-order valence-corrected chi connectivity index (χ2v) is 5.31. The monoisotopic (exact) mass is 347 g/mol. The molecule has 0 aliphatic heterocycles. The molecule has 1 aliphatic rings. The highest BCUT2D eigenvalue weighted by Gasteiger charge is 2.63. The Morgan fingerprint density at radius 1 is 1.05 bits per heavy atom. The number of alkyl halides is 6. The first-order valence-electron chi connectivity index (χ1n) is 5.27. The number of hydrogen-bond donors (Lipinski definition) is 1. The quantitative estimate of drug-likeness (QED) is 0.744. The van der Waals surface area contributed by atoms with E-state index in [9.17, 15) is 26.3 Å². The van der Waals surface area contributed by atoms with E-state index in [1.807, 2.05) is 5.32 Å². The maximum Gasteiger partial charge on any atom is 0.418 e. The first-order chi connectivity index (χ1) is 8.55. The van der Waals surface area contributed by atoms with Crippen LogP contribution in [0.4, 0.5) is 32.0 Å². The van der Waals surface area contributed by atoms with Crippen molar-refractivity contribution in [1.82, 2.24) is 0 Å². The molecule has 8 heteroatoms. The third kappa shape index (κ3) is 2.82. The summed E-state index contributed by atoms with van der Waals surface area (Å²) < 4.78 is 76.7. The predicted molar refractivity (Wildman–Crippen MR) is 60.8 cm³/mol. The van der Waals surface area contributed by atoms with E-state index in [2.05, 4.69) is 15.9 Å². The van der Waals surface area contributed by atoms with E-state index in [0.717, 1.165) is 12.1 Å². The molecule has 0 unspecified atom stereocenters. The number of halogens is 7. The Morgan fingerprint density at radius 3 is 2.05 bits per heavy atom. The lowest BCUT2D eigenvalue weighted by atomic mass is 10.1. The van der Waals surface area contributed by atoms with E-state index in [-0.39, 0.29) is 17.3 Å². The van der Waals surface area contributed by atoms with Crippen LogP contribution < -0.4 is 5.32 Å². The number of nitrogens with one attached hydrogen (secondary N) is 1. The van der Waals surface area contributed by atoms with Gasteiger partial charge in [0.25, 0.3) is 0 Å². The minimum absolute atomic E-state index is 0.155.